The number of hydrogen-bond acceptors (Lipinski definition) is 6. The van der Waals surface area contributed by atoms with E-state index in [2.05, 4.69) is 34.5 Å². The molecule has 0 aliphatic carbocycles. The van der Waals surface area contributed by atoms with Gasteiger partial charge in [-0.2, -0.15) is 5.10 Å². The molecule has 0 bridgehead atoms. The molecule has 2 heterocycles. The maximum Gasteiger partial charge on any atom is 0.282 e. The van der Waals surface area contributed by atoms with Gasteiger partial charge >= 0.3 is 0 Å². The van der Waals surface area contributed by atoms with Crippen LogP contribution in [0.2, 0.25) is 0 Å². The summed E-state index contributed by atoms with van der Waals surface area (Å²) < 4.78 is 1.65. The van der Waals surface area contributed by atoms with Crippen LogP contribution in [-0.4, -0.2) is 25.9 Å². The first-order chi connectivity index (χ1) is 12.0. The van der Waals surface area contributed by atoms with Crippen molar-refractivity contribution in [2.24, 2.45) is 5.92 Å². The summed E-state index contributed by atoms with van der Waals surface area (Å²) in [6.45, 7) is 6.64. The zero-order valence-corrected chi connectivity index (χ0v) is 15.1. The van der Waals surface area contributed by atoms with E-state index in [1.807, 2.05) is 19.1 Å². The van der Waals surface area contributed by atoms with E-state index >= 15 is 0 Å². The van der Waals surface area contributed by atoms with Gasteiger partial charge < -0.3 is 0 Å². The molecule has 0 saturated carbocycles. The molecule has 0 aliphatic rings. The second-order valence-electron chi connectivity index (χ2n) is 6.06. The molecule has 130 valence electrons. The molecule has 1 amide bonds. The molecule has 3 rings (SSSR count). The fraction of sp³-hybridized carbons (Fsp3) is 0.353. The van der Waals surface area contributed by atoms with Gasteiger partial charge in [-0.05, 0) is 25.0 Å². The molecule has 0 radical (unpaired) electrons. The van der Waals surface area contributed by atoms with E-state index in [0.717, 1.165) is 11.4 Å². The Labute approximate surface area is 148 Å². The Balaban J connectivity index is 1.93. The molecule has 0 spiro atoms. The zero-order chi connectivity index (χ0) is 18.0. The standard InChI is InChI=1S/C17H19N5O2S/c1-4-22-12-8-6-5-7-11(12)15(23)14(21-22)16(24)18-17-20-19-13(25-17)9-10(2)3/h5-8,10H,4,9H2,1-3H3,(H,18,20,24). The lowest BCUT2D eigenvalue weighted by atomic mass is 10.1. The zero-order valence-electron chi connectivity index (χ0n) is 14.3. The lowest BCUT2D eigenvalue weighted by Crippen LogP contribution is -2.27. The lowest BCUT2D eigenvalue weighted by Gasteiger charge is -2.09. The van der Waals surface area contributed by atoms with Gasteiger partial charge in [0.15, 0.2) is 5.69 Å². The largest absolute Gasteiger partial charge is 0.295 e. The predicted octanol–water partition coefficient (Wildman–Crippen LogP) is 2.72. The smallest absolute Gasteiger partial charge is 0.282 e. The molecule has 0 aliphatic heterocycles. The Bertz CT molecular complexity index is 977. The average molecular weight is 357 g/mol. The molecule has 8 heteroatoms. The third-order valence-corrected chi connectivity index (χ3v) is 4.51. The Hall–Kier alpha value is -2.61. The van der Waals surface area contributed by atoms with Crippen molar-refractivity contribution in [3.05, 3.63) is 45.2 Å². The van der Waals surface area contributed by atoms with E-state index in [-0.39, 0.29) is 11.1 Å². The molecular weight excluding hydrogens is 338 g/mol. The van der Waals surface area contributed by atoms with Crippen molar-refractivity contribution in [2.45, 2.75) is 33.7 Å². The normalized spacial score (nSPS) is 11.2. The van der Waals surface area contributed by atoms with Crippen molar-refractivity contribution < 1.29 is 4.79 Å². The van der Waals surface area contributed by atoms with Crippen molar-refractivity contribution in [1.29, 1.82) is 0 Å². The highest BCUT2D eigenvalue weighted by molar-refractivity contribution is 7.15. The number of rotatable bonds is 5. The van der Waals surface area contributed by atoms with Crippen LogP contribution in [0, 0.1) is 5.92 Å². The summed E-state index contributed by atoms with van der Waals surface area (Å²) in [7, 11) is 0. The Morgan fingerprint density at radius 2 is 2.04 bits per heavy atom. The van der Waals surface area contributed by atoms with E-state index in [4.69, 9.17) is 0 Å². The van der Waals surface area contributed by atoms with Gasteiger partial charge in [0.05, 0.1) is 5.52 Å². The number of hydrogen-bond donors (Lipinski definition) is 1. The van der Waals surface area contributed by atoms with Crippen molar-refractivity contribution >= 4 is 33.3 Å². The quantitative estimate of drug-likeness (QED) is 0.758. The maximum absolute atomic E-state index is 12.6. The number of para-hydroxylation sites is 1. The number of nitrogens with one attached hydrogen (secondary N) is 1. The molecular formula is C17H19N5O2S. The summed E-state index contributed by atoms with van der Waals surface area (Å²) in [5.74, 6) is -0.111. The molecule has 0 fully saturated rings. The first-order valence-corrected chi connectivity index (χ1v) is 8.94. The van der Waals surface area contributed by atoms with Crippen molar-refractivity contribution in [3.8, 4) is 0 Å². The van der Waals surface area contributed by atoms with Gasteiger partial charge in [-0.1, -0.05) is 37.3 Å². The highest BCUT2D eigenvalue weighted by Gasteiger charge is 2.18. The van der Waals surface area contributed by atoms with E-state index in [1.165, 1.54) is 11.3 Å². The van der Waals surface area contributed by atoms with Crippen molar-refractivity contribution in [3.63, 3.8) is 0 Å². The SMILES string of the molecule is CCn1nc(C(=O)Nc2nnc(CC(C)C)s2)c(=O)c2ccccc21. The highest BCUT2D eigenvalue weighted by Crippen LogP contribution is 2.19. The number of carbonyl (C=O) groups excluding carboxylic acids is 1. The Morgan fingerprint density at radius 1 is 1.28 bits per heavy atom. The monoisotopic (exact) mass is 357 g/mol. The van der Waals surface area contributed by atoms with Crippen LogP contribution in [0.3, 0.4) is 0 Å². The van der Waals surface area contributed by atoms with Gasteiger partial charge in [-0.3, -0.25) is 19.6 Å². The minimum atomic E-state index is -0.565. The molecule has 1 aromatic carbocycles. The number of anilines is 1. The Kier molecular flexibility index (Phi) is 4.89. The summed E-state index contributed by atoms with van der Waals surface area (Å²) >= 11 is 1.31. The predicted molar refractivity (Wildman–Crippen MR) is 98.1 cm³/mol. The van der Waals surface area contributed by atoms with Crippen molar-refractivity contribution in [1.82, 2.24) is 20.0 Å². The number of fused-ring (bicyclic) bond motifs is 1. The van der Waals surface area contributed by atoms with Gasteiger partial charge in [0.2, 0.25) is 10.6 Å². The molecule has 0 unspecified atom stereocenters. The fourth-order valence-corrected chi connectivity index (χ4v) is 3.47. The number of benzene rings is 1. The van der Waals surface area contributed by atoms with Crippen LogP contribution in [0.25, 0.3) is 10.9 Å². The molecule has 0 atom stereocenters. The van der Waals surface area contributed by atoms with E-state index in [1.54, 1.807) is 16.8 Å². The average Bonchev–Trinajstić information content (AvgIpc) is 3.01. The second-order valence-corrected chi connectivity index (χ2v) is 7.13. The van der Waals surface area contributed by atoms with E-state index in [0.29, 0.717) is 28.5 Å². The molecule has 3 aromatic rings. The highest BCUT2D eigenvalue weighted by atomic mass is 32.1. The molecule has 2 aromatic heterocycles. The Morgan fingerprint density at radius 3 is 2.76 bits per heavy atom. The summed E-state index contributed by atoms with van der Waals surface area (Å²) in [5.41, 5.74) is 0.188. The first kappa shape index (κ1) is 17.2. The fourth-order valence-electron chi connectivity index (χ4n) is 2.52. The van der Waals surface area contributed by atoms with Gasteiger partial charge in [-0.25, -0.2) is 0 Å². The van der Waals surface area contributed by atoms with Gasteiger partial charge in [-0.15, -0.1) is 10.2 Å². The van der Waals surface area contributed by atoms with Crippen LogP contribution in [0.4, 0.5) is 5.13 Å². The van der Waals surface area contributed by atoms with Gasteiger partial charge in [0, 0.05) is 18.4 Å². The van der Waals surface area contributed by atoms with Crippen molar-refractivity contribution in [2.75, 3.05) is 5.32 Å². The number of aromatic nitrogens is 4. The molecule has 0 saturated heterocycles. The van der Waals surface area contributed by atoms with Gasteiger partial charge in [0.25, 0.3) is 5.91 Å². The van der Waals surface area contributed by atoms with E-state index in [9.17, 15) is 9.59 Å². The third-order valence-electron chi connectivity index (χ3n) is 3.65. The first-order valence-electron chi connectivity index (χ1n) is 8.13. The summed E-state index contributed by atoms with van der Waals surface area (Å²) in [4.78, 5) is 25.1. The second kappa shape index (κ2) is 7.10. The van der Waals surface area contributed by atoms with Crippen LogP contribution in [0.1, 0.15) is 36.3 Å². The van der Waals surface area contributed by atoms with Crippen LogP contribution >= 0.6 is 11.3 Å². The number of carbonyl (C=O) groups is 1. The minimum Gasteiger partial charge on any atom is -0.295 e. The number of aryl methyl sites for hydroxylation is 1. The minimum absolute atomic E-state index is 0.138. The maximum atomic E-state index is 12.6. The van der Waals surface area contributed by atoms with Gasteiger partial charge in [0.1, 0.15) is 5.01 Å². The van der Waals surface area contributed by atoms with Crippen LogP contribution < -0.4 is 10.7 Å². The number of nitrogens with zero attached hydrogens (tertiary/aromatic N) is 4. The summed E-state index contributed by atoms with van der Waals surface area (Å²) in [6, 6.07) is 7.13. The third kappa shape index (κ3) is 3.58. The lowest BCUT2D eigenvalue weighted by molar-refractivity contribution is 0.101. The van der Waals surface area contributed by atoms with Crippen LogP contribution in [-0.2, 0) is 13.0 Å². The summed E-state index contributed by atoms with van der Waals surface area (Å²) in [6.07, 6.45) is 0.796. The van der Waals surface area contributed by atoms with Crippen LogP contribution in [0.15, 0.2) is 29.1 Å². The summed E-state index contributed by atoms with van der Waals surface area (Å²) in [5, 5.41) is 16.6. The molecule has 25 heavy (non-hydrogen) atoms. The number of amides is 1. The topological polar surface area (TPSA) is 89.8 Å². The molecule has 7 nitrogen and oxygen atoms in total. The molecule has 1 N–H and O–H groups in total. The van der Waals surface area contributed by atoms with Crippen LogP contribution in [0.5, 0.6) is 0 Å². The van der Waals surface area contributed by atoms with E-state index < -0.39 is 5.91 Å².